The average molecular weight is 370 g/mol. The van der Waals surface area contributed by atoms with Crippen molar-refractivity contribution in [3.05, 3.63) is 60.1 Å². The molecule has 1 heterocycles. The minimum atomic E-state index is -1.75. The van der Waals surface area contributed by atoms with E-state index >= 15 is 0 Å². The highest BCUT2D eigenvalue weighted by Crippen LogP contribution is 2.21. The minimum Gasteiger partial charge on any atom is -0.505 e. The molecular weight excluding hydrogens is 352 g/mol. The van der Waals surface area contributed by atoms with Gasteiger partial charge < -0.3 is 26.4 Å². The van der Waals surface area contributed by atoms with Crippen LogP contribution in [0.4, 0.5) is 5.69 Å². The molecule has 0 saturated carbocycles. The van der Waals surface area contributed by atoms with Crippen LogP contribution in [0.3, 0.4) is 0 Å². The number of nitrogens with one attached hydrogen (secondary N) is 1. The van der Waals surface area contributed by atoms with Gasteiger partial charge in [0.2, 0.25) is 0 Å². The molecule has 9 heteroatoms. The van der Waals surface area contributed by atoms with Crippen LogP contribution in [0.5, 0.6) is 5.75 Å². The van der Waals surface area contributed by atoms with Crippen molar-refractivity contribution in [1.82, 2.24) is 10.3 Å². The van der Waals surface area contributed by atoms with E-state index in [1.807, 2.05) is 18.2 Å². The standard InChI is InChI=1S/C18H18N4O5/c19-7-12(9-20-13-4-2-1-3-5-13)11-6-14(23)16(21-8-11)17(25)22-10-15(24)18(26)27/h1-9,15,23-24H,10,19H2,(H,22,25)(H,26,27)/b12-7+,20-9?. The highest BCUT2D eigenvalue weighted by molar-refractivity contribution is 6.10. The van der Waals surface area contributed by atoms with Crippen LogP contribution < -0.4 is 11.1 Å². The van der Waals surface area contributed by atoms with E-state index in [0.29, 0.717) is 16.8 Å². The lowest BCUT2D eigenvalue weighted by Crippen LogP contribution is -2.36. The van der Waals surface area contributed by atoms with E-state index in [-0.39, 0.29) is 5.69 Å². The molecule has 0 aliphatic heterocycles. The van der Waals surface area contributed by atoms with Crippen molar-refractivity contribution in [2.45, 2.75) is 6.10 Å². The Kier molecular flexibility index (Phi) is 6.61. The molecule has 0 aliphatic rings. The second-order valence-corrected chi connectivity index (χ2v) is 5.37. The van der Waals surface area contributed by atoms with Crippen LogP contribution in [0, 0.1) is 0 Å². The molecule has 0 radical (unpaired) electrons. The van der Waals surface area contributed by atoms with Gasteiger partial charge in [0.1, 0.15) is 5.75 Å². The Morgan fingerprint density at radius 1 is 1.30 bits per heavy atom. The van der Waals surface area contributed by atoms with Gasteiger partial charge in [-0.15, -0.1) is 0 Å². The predicted molar refractivity (Wildman–Crippen MR) is 98.6 cm³/mol. The lowest BCUT2D eigenvalue weighted by Gasteiger charge is -2.09. The van der Waals surface area contributed by atoms with Crippen LogP contribution in [-0.4, -0.2) is 51.0 Å². The van der Waals surface area contributed by atoms with E-state index < -0.39 is 30.3 Å². The first kappa shape index (κ1) is 19.6. The van der Waals surface area contributed by atoms with E-state index in [1.165, 1.54) is 24.7 Å². The Labute approximate surface area is 154 Å². The second-order valence-electron chi connectivity index (χ2n) is 5.37. The van der Waals surface area contributed by atoms with Crippen LogP contribution in [0.2, 0.25) is 0 Å². The molecule has 1 amide bonds. The third-order valence-electron chi connectivity index (χ3n) is 3.45. The van der Waals surface area contributed by atoms with Crippen molar-refractivity contribution in [2.24, 2.45) is 10.7 Å². The number of pyridine rings is 1. The van der Waals surface area contributed by atoms with Crippen molar-refractivity contribution < 1.29 is 24.9 Å². The van der Waals surface area contributed by atoms with Crippen LogP contribution in [0.15, 0.2) is 53.8 Å². The fourth-order valence-corrected chi connectivity index (χ4v) is 2.02. The summed E-state index contributed by atoms with van der Waals surface area (Å²) >= 11 is 0. The molecule has 2 aromatic rings. The molecule has 6 N–H and O–H groups in total. The van der Waals surface area contributed by atoms with Crippen LogP contribution in [0.25, 0.3) is 5.57 Å². The monoisotopic (exact) mass is 370 g/mol. The Morgan fingerprint density at radius 2 is 2.00 bits per heavy atom. The number of carboxylic acid groups (broad SMARTS) is 1. The number of aliphatic imine (C=N–C) groups is 1. The molecule has 27 heavy (non-hydrogen) atoms. The second kappa shape index (κ2) is 9.11. The maximum Gasteiger partial charge on any atom is 0.334 e. The van der Waals surface area contributed by atoms with Crippen molar-refractivity contribution in [3.8, 4) is 5.75 Å². The molecule has 2 rings (SSSR count). The molecule has 9 nitrogen and oxygen atoms in total. The van der Waals surface area contributed by atoms with Crippen LogP contribution in [0.1, 0.15) is 16.1 Å². The third-order valence-corrected chi connectivity index (χ3v) is 3.45. The van der Waals surface area contributed by atoms with Gasteiger partial charge in [-0.1, -0.05) is 18.2 Å². The number of allylic oxidation sites excluding steroid dienone is 1. The van der Waals surface area contributed by atoms with Gasteiger partial charge in [-0.25, -0.2) is 9.78 Å². The molecule has 0 aliphatic carbocycles. The number of carbonyl (C=O) groups excluding carboxylic acids is 1. The number of aromatic nitrogens is 1. The van der Waals surface area contributed by atoms with Crippen molar-refractivity contribution in [1.29, 1.82) is 0 Å². The first-order chi connectivity index (χ1) is 12.9. The first-order valence-electron chi connectivity index (χ1n) is 7.82. The number of aliphatic hydroxyl groups excluding tert-OH is 1. The normalized spacial score (nSPS) is 12.7. The van der Waals surface area contributed by atoms with Crippen molar-refractivity contribution in [3.63, 3.8) is 0 Å². The molecule has 0 spiro atoms. The number of hydrogen-bond acceptors (Lipinski definition) is 7. The number of aliphatic carboxylic acids is 1. The van der Waals surface area contributed by atoms with Crippen molar-refractivity contribution >= 4 is 29.4 Å². The smallest absolute Gasteiger partial charge is 0.334 e. The van der Waals surface area contributed by atoms with Gasteiger partial charge in [-0.2, -0.15) is 0 Å². The van der Waals surface area contributed by atoms with E-state index in [4.69, 9.17) is 15.9 Å². The average Bonchev–Trinajstić information content (AvgIpc) is 2.67. The molecule has 0 saturated heterocycles. The lowest BCUT2D eigenvalue weighted by molar-refractivity contribution is -0.146. The van der Waals surface area contributed by atoms with Gasteiger partial charge in [-0.05, 0) is 18.2 Å². The van der Waals surface area contributed by atoms with Gasteiger partial charge in [-0.3, -0.25) is 9.79 Å². The molecular formula is C18H18N4O5. The quantitative estimate of drug-likeness (QED) is 0.448. The summed E-state index contributed by atoms with van der Waals surface area (Å²) in [4.78, 5) is 30.6. The molecule has 0 fully saturated rings. The van der Waals surface area contributed by atoms with E-state index in [2.05, 4.69) is 15.3 Å². The zero-order chi connectivity index (χ0) is 19.8. The number of para-hydroxylation sites is 1. The summed E-state index contributed by atoms with van der Waals surface area (Å²) in [6.07, 6.45) is 2.34. The number of aromatic hydroxyl groups is 1. The SMILES string of the molecule is N/C=C(\C=Nc1ccccc1)c1cnc(C(=O)NCC(O)C(=O)O)c(O)c1. The van der Waals surface area contributed by atoms with Gasteiger partial charge >= 0.3 is 5.97 Å². The molecule has 0 bridgehead atoms. The van der Waals surface area contributed by atoms with E-state index in [9.17, 15) is 14.7 Å². The summed E-state index contributed by atoms with van der Waals surface area (Å²) in [6, 6.07) is 10.4. The lowest BCUT2D eigenvalue weighted by atomic mass is 10.1. The summed E-state index contributed by atoms with van der Waals surface area (Å²) in [6.45, 7) is -0.519. The van der Waals surface area contributed by atoms with Gasteiger partial charge in [0.15, 0.2) is 11.8 Å². The predicted octanol–water partition coefficient (Wildman–Crippen LogP) is 0.665. The number of amides is 1. The largest absolute Gasteiger partial charge is 0.505 e. The summed E-state index contributed by atoms with van der Waals surface area (Å²) in [5.74, 6) is -2.73. The van der Waals surface area contributed by atoms with Gasteiger partial charge in [0.25, 0.3) is 5.91 Å². The van der Waals surface area contributed by atoms with Gasteiger partial charge in [0.05, 0.1) is 12.2 Å². The number of benzene rings is 1. The molecule has 1 aromatic heterocycles. The fourth-order valence-electron chi connectivity index (χ4n) is 2.02. The maximum atomic E-state index is 12.0. The topological polar surface area (TPSA) is 158 Å². The van der Waals surface area contributed by atoms with E-state index in [0.717, 1.165) is 0 Å². The van der Waals surface area contributed by atoms with E-state index in [1.54, 1.807) is 12.1 Å². The summed E-state index contributed by atoms with van der Waals surface area (Å²) in [7, 11) is 0. The summed E-state index contributed by atoms with van der Waals surface area (Å²) < 4.78 is 0. The Balaban J connectivity index is 2.13. The highest BCUT2D eigenvalue weighted by Gasteiger charge is 2.18. The summed E-state index contributed by atoms with van der Waals surface area (Å²) in [5, 5.41) is 30.0. The Bertz CT molecular complexity index is 881. The summed E-state index contributed by atoms with van der Waals surface area (Å²) in [5.41, 5.74) is 6.89. The number of carbonyl (C=O) groups is 2. The zero-order valence-corrected chi connectivity index (χ0v) is 14.1. The molecule has 1 aromatic carbocycles. The fraction of sp³-hybridized carbons (Fsp3) is 0.111. The number of nitrogens with two attached hydrogens (primary N) is 1. The van der Waals surface area contributed by atoms with Crippen LogP contribution in [-0.2, 0) is 4.79 Å². The maximum absolute atomic E-state index is 12.0. The third kappa shape index (κ3) is 5.38. The number of rotatable bonds is 7. The molecule has 1 unspecified atom stereocenters. The number of hydrogen-bond donors (Lipinski definition) is 5. The first-order valence-corrected chi connectivity index (χ1v) is 7.82. The molecule has 1 atom stereocenters. The van der Waals surface area contributed by atoms with Crippen LogP contribution >= 0.6 is 0 Å². The Morgan fingerprint density at radius 3 is 2.59 bits per heavy atom. The van der Waals surface area contributed by atoms with Crippen molar-refractivity contribution in [2.75, 3.05) is 6.54 Å². The number of aliphatic hydroxyl groups is 1. The van der Waals surface area contributed by atoms with Gasteiger partial charge in [0, 0.05) is 29.7 Å². The number of nitrogens with zero attached hydrogens (tertiary/aromatic N) is 2. The molecule has 140 valence electrons. The zero-order valence-electron chi connectivity index (χ0n) is 14.1. The Hall–Kier alpha value is -3.72. The highest BCUT2D eigenvalue weighted by atomic mass is 16.4. The minimum absolute atomic E-state index is 0.312. The number of carboxylic acids is 1.